The van der Waals surface area contributed by atoms with Gasteiger partial charge in [-0.1, -0.05) is 33.6 Å². The minimum atomic E-state index is 0.906. The van der Waals surface area contributed by atoms with Crippen LogP contribution in [0.5, 0.6) is 0 Å². The van der Waals surface area contributed by atoms with Crippen LogP contribution in [0.15, 0.2) is 0 Å². The lowest BCUT2D eigenvalue weighted by molar-refractivity contribution is 0.478. The van der Waals surface area contributed by atoms with Crippen LogP contribution in [0.3, 0.4) is 0 Å². The SMILES string of the molecule is CCCCC1CC12CC2C(C)C. The maximum atomic E-state index is 2.40. The van der Waals surface area contributed by atoms with Crippen molar-refractivity contribution in [2.75, 3.05) is 0 Å². The summed E-state index contributed by atoms with van der Waals surface area (Å²) >= 11 is 0. The predicted octanol–water partition coefficient (Wildman–Crippen LogP) is 3.86. The first-order valence-electron chi connectivity index (χ1n) is 5.70. The van der Waals surface area contributed by atoms with Crippen molar-refractivity contribution in [2.45, 2.75) is 52.9 Å². The zero-order chi connectivity index (χ0) is 8.77. The first-order chi connectivity index (χ1) is 5.70. The molecule has 2 fully saturated rings. The third-order valence-electron chi connectivity index (χ3n) is 4.17. The van der Waals surface area contributed by atoms with Crippen molar-refractivity contribution in [1.29, 1.82) is 0 Å². The maximum Gasteiger partial charge on any atom is -0.0232 e. The van der Waals surface area contributed by atoms with Crippen LogP contribution in [0.1, 0.15) is 52.9 Å². The Morgan fingerprint density at radius 2 is 2.08 bits per heavy atom. The fraction of sp³-hybridized carbons (Fsp3) is 1.00. The van der Waals surface area contributed by atoms with E-state index in [1.54, 1.807) is 12.8 Å². The molecular formula is C12H22. The predicted molar refractivity (Wildman–Crippen MR) is 53.0 cm³/mol. The highest BCUT2D eigenvalue weighted by Gasteiger charge is 2.69. The summed E-state index contributed by atoms with van der Waals surface area (Å²) in [5.41, 5.74) is 0.906. The van der Waals surface area contributed by atoms with Gasteiger partial charge in [-0.3, -0.25) is 0 Å². The molecule has 0 heterocycles. The average Bonchev–Trinajstić information content (AvgIpc) is 2.88. The standard InChI is InChI=1S/C12H22/c1-4-5-6-10-7-12(10)8-11(12)9(2)3/h9-11H,4-8H2,1-3H3. The fourth-order valence-electron chi connectivity index (χ4n) is 3.19. The van der Waals surface area contributed by atoms with Crippen molar-refractivity contribution < 1.29 is 0 Å². The summed E-state index contributed by atoms with van der Waals surface area (Å²) in [5.74, 6) is 3.21. The van der Waals surface area contributed by atoms with Crippen LogP contribution in [0.2, 0.25) is 0 Å². The molecule has 3 unspecified atom stereocenters. The van der Waals surface area contributed by atoms with Gasteiger partial charge in [0, 0.05) is 0 Å². The molecule has 2 aliphatic carbocycles. The summed E-state index contributed by atoms with van der Waals surface area (Å²) in [6.07, 6.45) is 7.53. The van der Waals surface area contributed by atoms with E-state index < -0.39 is 0 Å². The molecule has 2 saturated carbocycles. The molecule has 70 valence electrons. The van der Waals surface area contributed by atoms with E-state index in [-0.39, 0.29) is 0 Å². The van der Waals surface area contributed by atoms with Crippen molar-refractivity contribution >= 4 is 0 Å². The quantitative estimate of drug-likeness (QED) is 0.595. The Kier molecular flexibility index (Phi) is 1.97. The van der Waals surface area contributed by atoms with Crippen LogP contribution < -0.4 is 0 Å². The third-order valence-corrected chi connectivity index (χ3v) is 4.17. The van der Waals surface area contributed by atoms with Crippen molar-refractivity contribution in [3.05, 3.63) is 0 Å². The lowest BCUT2D eigenvalue weighted by atomic mass is 10.0. The van der Waals surface area contributed by atoms with Crippen LogP contribution in [-0.4, -0.2) is 0 Å². The van der Waals surface area contributed by atoms with E-state index in [2.05, 4.69) is 20.8 Å². The summed E-state index contributed by atoms with van der Waals surface area (Å²) in [5, 5.41) is 0. The molecule has 0 amide bonds. The lowest BCUT2D eigenvalue weighted by Gasteiger charge is -2.01. The molecule has 1 spiro atoms. The van der Waals surface area contributed by atoms with Crippen LogP contribution in [0.4, 0.5) is 0 Å². The first kappa shape index (κ1) is 8.59. The minimum absolute atomic E-state index is 0.906. The second-order valence-corrected chi connectivity index (χ2v) is 5.33. The summed E-state index contributed by atoms with van der Waals surface area (Å²) in [7, 11) is 0. The third kappa shape index (κ3) is 1.20. The van der Waals surface area contributed by atoms with Gasteiger partial charge in [0.05, 0.1) is 0 Å². The van der Waals surface area contributed by atoms with Gasteiger partial charge in [0.1, 0.15) is 0 Å². The van der Waals surface area contributed by atoms with E-state index >= 15 is 0 Å². The molecular weight excluding hydrogens is 144 g/mol. The van der Waals surface area contributed by atoms with E-state index in [1.807, 2.05) is 0 Å². The molecule has 3 atom stereocenters. The number of rotatable bonds is 4. The van der Waals surface area contributed by atoms with Crippen molar-refractivity contribution in [3.8, 4) is 0 Å². The van der Waals surface area contributed by atoms with Gasteiger partial charge in [0.25, 0.3) is 0 Å². The molecule has 0 saturated heterocycles. The van der Waals surface area contributed by atoms with Gasteiger partial charge in [-0.05, 0) is 42.4 Å². The lowest BCUT2D eigenvalue weighted by Crippen LogP contribution is -1.94. The molecule has 0 N–H and O–H groups in total. The summed E-state index contributed by atoms with van der Waals surface area (Å²) in [6.45, 7) is 7.10. The zero-order valence-electron chi connectivity index (χ0n) is 8.77. The largest absolute Gasteiger partial charge is 0.0654 e. The van der Waals surface area contributed by atoms with Gasteiger partial charge >= 0.3 is 0 Å². The topological polar surface area (TPSA) is 0 Å². The Balaban J connectivity index is 1.74. The molecule has 0 bridgehead atoms. The number of hydrogen-bond acceptors (Lipinski definition) is 0. The Labute approximate surface area is 76.7 Å². The van der Waals surface area contributed by atoms with Crippen LogP contribution >= 0.6 is 0 Å². The Morgan fingerprint density at radius 3 is 2.58 bits per heavy atom. The molecule has 2 aliphatic rings. The second-order valence-electron chi connectivity index (χ2n) is 5.33. The van der Waals surface area contributed by atoms with E-state index in [0.717, 1.165) is 23.2 Å². The molecule has 0 heteroatoms. The van der Waals surface area contributed by atoms with E-state index in [0.29, 0.717) is 0 Å². The highest BCUT2D eigenvalue weighted by Crippen LogP contribution is 2.77. The Morgan fingerprint density at radius 1 is 1.33 bits per heavy atom. The van der Waals surface area contributed by atoms with Crippen molar-refractivity contribution in [3.63, 3.8) is 0 Å². The average molecular weight is 166 g/mol. The van der Waals surface area contributed by atoms with Gasteiger partial charge in [-0.2, -0.15) is 0 Å². The Hall–Kier alpha value is 0. The monoisotopic (exact) mass is 166 g/mol. The van der Waals surface area contributed by atoms with Crippen LogP contribution in [0.25, 0.3) is 0 Å². The van der Waals surface area contributed by atoms with Crippen LogP contribution in [0, 0.1) is 23.2 Å². The zero-order valence-corrected chi connectivity index (χ0v) is 8.77. The molecule has 0 nitrogen and oxygen atoms in total. The maximum absolute atomic E-state index is 2.40. The minimum Gasteiger partial charge on any atom is -0.0654 e. The van der Waals surface area contributed by atoms with Gasteiger partial charge in [0.2, 0.25) is 0 Å². The molecule has 0 aromatic carbocycles. The molecule has 2 rings (SSSR count). The first-order valence-corrected chi connectivity index (χ1v) is 5.70. The normalized spacial score (nSPS) is 44.0. The summed E-state index contributed by atoms with van der Waals surface area (Å²) in [6, 6.07) is 0. The summed E-state index contributed by atoms with van der Waals surface area (Å²) in [4.78, 5) is 0. The molecule has 0 aromatic rings. The van der Waals surface area contributed by atoms with Gasteiger partial charge < -0.3 is 0 Å². The molecule has 12 heavy (non-hydrogen) atoms. The van der Waals surface area contributed by atoms with E-state index in [4.69, 9.17) is 0 Å². The van der Waals surface area contributed by atoms with Crippen molar-refractivity contribution in [2.24, 2.45) is 23.2 Å². The summed E-state index contributed by atoms with van der Waals surface area (Å²) < 4.78 is 0. The van der Waals surface area contributed by atoms with Gasteiger partial charge in [-0.25, -0.2) is 0 Å². The molecule has 0 aromatic heterocycles. The fourth-order valence-corrected chi connectivity index (χ4v) is 3.19. The van der Waals surface area contributed by atoms with E-state index in [9.17, 15) is 0 Å². The van der Waals surface area contributed by atoms with Crippen LogP contribution in [-0.2, 0) is 0 Å². The van der Waals surface area contributed by atoms with Gasteiger partial charge in [0.15, 0.2) is 0 Å². The highest BCUT2D eigenvalue weighted by molar-refractivity contribution is 5.18. The van der Waals surface area contributed by atoms with Crippen molar-refractivity contribution in [1.82, 2.24) is 0 Å². The highest BCUT2D eigenvalue weighted by atomic mass is 14.7. The number of unbranched alkanes of at least 4 members (excludes halogenated alkanes) is 1. The molecule has 0 aliphatic heterocycles. The number of hydrogen-bond donors (Lipinski definition) is 0. The van der Waals surface area contributed by atoms with E-state index in [1.165, 1.54) is 19.3 Å². The smallest absolute Gasteiger partial charge is 0.0232 e. The van der Waals surface area contributed by atoms with Gasteiger partial charge in [-0.15, -0.1) is 0 Å². The second kappa shape index (κ2) is 2.75. The molecule has 0 radical (unpaired) electrons. The Bertz CT molecular complexity index is 171.